The van der Waals surface area contributed by atoms with Gasteiger partial charge in [-0.25, -0.2) is 19.2 Å². The monoisotopic (exact) mass is 401 g/mol. The Morgan fingerprint density at radius 3 is 2.38 bits per heavy atom. The van der Waals surface area contributed by atoms with Crippen LogP contribution in [0, 0.1) is 29.1 Å². The second kappa shape index (κ2) is 9.49. The maximum atomic E-state index is 13.3. The Labute approximate surface area is 165 Å². The summed E-state index contributed by atoms with van der Waals surface area (Å²) >= 11 is 0. The van der Waals surface area contributed by atoms with E-state index in [1.54, 1.807) is 0 Å². The Morgan fingerprint density at radius 1 is 1.17 bits per heavy atom. The Kier molecular flexibility index (Phi) is 7.07. The van der Waals surface area contributed by atoms with Crippen LogP contribution in [0.1, 0.15) is 35.5 Å². The van der Waals surface area contributed by atoms with Gasteiger partial charge >= 0.3 is 0 Å². The Morgan fingerprint density at radius 2 is 1.83 bits per heavy atom. The predicted molar refractivity (Wildman–Crippen MR) is 97.7 cm³/mol. The lowest BCUT2D eigenvalue weighted by Gasteiger charge is -2.32. The number of oxazole rings is 1. The third kappa shape index (κ3) is 5.64. The summed E-state index contributed by atoms with van der Waals surface area (Å²) in [7, 11) is 0. The van der Waals surface area contributed by atoms with Crippen molar-refractivity contribution in [3.63, 3.8) is 0 Å². The molecule has 2 rings (SSSR count). The largest absolute Gasteiger partial charge is 0.435 e. The van der Waals surface area contributed by atoms with Gasteiger partial charge in [0.05, 0.1) is 11.6 Å². The minimum Gasteiger partial charge on any atom is -0.435 e. The number of carbonyl (C=O) groups excluding carboxylic acids is 2. The standard InChI is InChI=1S/C20H17F2N3O4/c1-20(2,19(21)22)16(18(27)25-28)24-17(26)14-9-7-13(8-10-14)5-3-4-6-15-11-23-12-29-15/h7-12,16,19,28H,1-2H3,(H,24,26)(H,25,27)/t16-/m1/s1. The van der Waals surface area contributed by atoms with E-state index in [2.05, 4.69) is 34.0 Å². The number of amides is 2. The molecule has 0 radical (unpaired) electrons. The smallest absolute Gasteiger partial charge is 0.266 e. The SMILES string of the molecule is CC(C)(C(F)F)[C@H](NC(=O)c1ccc(C#CC#Cc2cnco2)cc1)C(=O)NO. The molecule has 7 nitrogen and oxygen atoms in total. The third-order valence-electron chi connectivity index (χ3n) is 3.99. The number of hydrogen-bond acceptors (Lipinski definition) is 5. The molecule has 0 aliphatic heterocycles. The van der Waals surface area contributed by atoms with Crippen LogP contribution >= 0.6 is 0 Å². The number of hydroxylamine groups is 1. The highest BCUT2D eigenvalue weighted by Crippen LogP contribution is 2.29. The lowest BCUT2D eigenvalue weighted by atomic mass is 9.84. The number of alkyl halides is 2. The van der Waals surface area contributed by atoms with E-state index in [1.807, 2.05) is 0 Å². The third-order valence-corrected chi connectivity index (χ3v) is 3.99. The van der Waals surface area contributed by atoms with Gasteiger partial charge in [-0.1, -0.05) is 19.8 Å². The summed E-state index contributed by atoms with van der Waals surface area (Å²) in [5.74, 6) is 9.09. The van der Waals surface area contributed by atoms with Crippen LogP contribution < -0.4 is 10.8 Å². The van der Waals surface area contributed by atoms with Gasteiger partial charge in [0.1, 0.15) is 6.04 Å². The van der Waals surface area contributed by atoms with Crippen molar-refractivity contribution in [3.8, 4) is 23.7 Å². The fourth-order valence-corrected chi connectivity index (χ4v) is 2.17. The van der Waals surface area contributed by atoms with Crippen LogP contribution in [-0.4, -0.2) is 34.5 Å². The molecule has 0 spiro atoms. The summed E-state index contributed by atoms with van der Waals surface area (Å²) in [6, 6.07) is 4.28. The van der Waals surface area contributed by atoms with Gasteiger partial charge in [0.2, 0.25) is 6.43 Å². The number of rotatable bonds is 5. The lowest BCUT2D eigenvalue weighted by molar-refractivity contribution is -0.137. The zero-order valence-corrected chi connectivity index (χ0v) is 15.5. The summed E-state index contributed by atoms with van der Waals surface area (Å²) in [5.41, 5.74) is 0.0852. The molecule has 1 aromatic heterocycles. The molecule has 0 unspecified atom stereocenters. The number of hydrogen-bond donors (Lipinski definition) is 3. The van der Waals surface area contributed by atoms with E-state index in [0.717, 1.165) is 13.8 Å². The van der Waals surface area contributed by atoms with Gasteiger partial charge in [-0.15, -0.1) is 0 Å². The van der Waals surface area contributed by atoms with Gasteiger partial charge in [0.15, 0.2) is 12.2 Å². The first-order valence-electron chi connectivity index (χ1n) is 8.29. The molecule has 0 aliphatic rings. The van der Waals surface area contributed by atoms with Gasteiger partial charge < -0.3 is 9.73 Å². The quantitative estimate of drug-likeness (QED) is 0.404. The average Bonchev–Trinajstić information content (AvgIpc) is 3.22. The molecule has 1 aromatic carbocycles. The van der Waals surface area contributed by atoms with Crippen molar-refractivity contribution in [2.24, 2.45) is 5.41 Å². The Hall–Kier alpha value is -3.69. The summed E-state index contributed by atoms with van der Waals surface area (Å²) in [5, 5.41) is 11.0. The minimum atomic E-state index is -2.92. The first-order valence-corrected chi connectivity index (χ1v) is 8.29. The second-order valence-electron chi connectivity index (χ2n) is 6.45. The highest BCUT2D eigenvalue weighted by molar-refractivity contribution is 5.97. The van der Waals surface area contributed by atoms with Gasteiger partial charge in [-0.3, -0.25) is 14.8 Å². The predicted octanol–water partition coefficient (Wildman–Crippen LogP) is 1.97. The molecule has 0 bridgehead atoms. The van der Waals surface area contributed by atoms with Crippen molar-refractivity contribution in [1.29, 1.82) is 0 Å². The van der Waals surface area contributed by atoms with Crippen LogP contribution in [-0.2, 0) is 4.79 Å². The highest BCUT2D eigenvalue weighted by atomic mass is 19.3. The topological polar surface area (TPSA) is 104 Å². The summed E-state index contributed by atoms with van der Waals surface area (Å²) in [6.07, 6.45) is -0.221. The molecule has 0 aliphatic carbocycles. The minimum absolute atomic E-state index is 0.129. The molecule has 2 aromatic rings. The van der Waals surface area contributed by atoms with Crippen molar-refractivity contribution in [2.45, 2.75) is 26.3 Å². The normalized spacial score (nSPS) is 11.5. The number of carbonyl (C=O) groups is 2. The fourth-order valence-electron chi connectivity index (χ4n) is 2.17. The van der Waals surface area contributed by atoms with E-state index < -0.39 is 29.7 Å². The van der Waals surface area contributed by atoms with Crippen LogP contribution in [0.15, 0.2) is 41.3 Å². The van der Waals surface area contributed by atoms with Crippen LogP contribution in [0.2, 0.25) is 0 Å². The van der Waals surface area contributed by atoms with Crippen LogP contribution in [0.3, 0.4) is 0 Å². The highest BCUT2D eigenvalue weighted by Gasteiger charge is 2.43. The van der Waals surface area contributed by atoms with Crippen LogP contribution in [0.25, 0.3) is 0 Å². The molecule has 29 heavy (non-hydrogen) atoms. The van der Waals surface area contributed by atoms with Crippen molar-refractivity contribution in [1.82, 2.24) is 15.8 Å². The van der Waals surface area contributed by atoms with Crippen molar-refractivity contribution in [3.05, 3.63) is 53.7 Å². The summed E-state index contributed by atoms with van der Waals surface area (Å²) in [4.78, 5) is 27.8. The lowest BCUT2D eigenvalue weighted by Crippen LogP contribution is -2.56. The van der Waals surface area contributed by atoms with Gasteiger partial charge in [0.25, 0.3) is 11.8 Å². The van der Waals surface area contributed by atoms with E-state index in [9.17, 15) is 18.4 Å². The second-order valence-corrected chi connectivity index (χ2v) is 6.45. The number of aromatic nitrogens is 1. The van der Waals surface area contributed by atoms with E-state index >= 15 is 0 Å². The number of halogens is 2. The molecular weight excluding hydrogens is 384 g/mol. The molecule has 2 amide bonds. The zero-order valence-electron chi connectivity index (χ0n) is 15.5. The zero-order chi connectivity index (χ0) is 21.4. The van der Waals surface area contributed by atoms with Gasteiger partial charge in [0, 0.05) is 11.1 Å². The maximum Gasteiger partial charge on any atom is 0.266 e. The molecule has 1 heterocycles. The first-order chi connectivity index (χ1) is 13.8. The Balaban J connectivity index is 2.10. The summed E-state index contributed by atoms with van der Waals surface area (Å²) in [6.45, 7) is 2.22. The molecule has 1 atom stereocenters. The number of benzene rings is 1. The molecular formula is C20H17F2N3O4. The van der Waals surface area contributed by atoms with E-state index in [0.29, 0.717) is 11.3 Å². The molecule has 0 saturated heterocycles. The average molecular weight is 401 g/mol. The van der Waals surface area contributed by atoms with E-state index in [-0.39, 0.29) is 5.56 Å². The van der Waals surface area contributed by atoms with E-state index in [1.165, 1.54) is 42.3 Å². The fraction of sp³-hybridized carbons (Fsp3) is 0.250. The molecule has 9 heteroatoms. The van der Waals surface area contributed by atoms with E-state index in [4.69, 9.17) is 9.62 Å². The molecule has 3 N–H and O–H groups in total. The molecule has 0 fully saturated rings. The van der Waals surface area contributed by atoms with Gasteiger partial charge in [-0.05, 0) is 42.0 Å². The Bertz CT molecular complexity index is 979. The van der Waals surface area contributed by atoms with Crippen molar-refractivity contribution >= 4 is 11.8 Å². The van der Waals surface area contributed by atoms with Crippen LogP contribution in [0.4, 0.5) is 8.78 Å². The molecule has 150 valence electrons. The van der Waals surface area contributed by atoms with Crippen molar-refractivity contribution < 1.29 is 28.0 Å². The van der Waals surface area contributed by atoms with Crippen LogP contribution in [0.5, 0.6) is 0 Å². The molecule has 0 saturated carbocycles. The van der Waals surface area contributed by atoms with Crippen molar-refractivity contribution in [2.75, 3.05) is 0 Å². The number of nitrogens with one attached hydrogen (secondary N) is 2. The van der Waals surface area contributed by atoms with Gasteiger partial charge in [-0.2, -0.15) is 0 Å². The summed E-state index contributed by atoms with van der Waals surface area (Å²) < 4.78 is 31.4. The number of nitrogens with zero attached hydrogens (tertiary/aromatic N) is 1. The maximum absolute atomic E-state index is 13.3. The first kappa shape index (κ1) is 21.6.